The van der Waals surface area contributed by atoms with Crippen molar-refractivity contribution in [3.05, 3.63) is 52.0 Å². The Morgan fingerprint density at radius 1 is 1.42 bits per heavy atom. The van der Waals surface area contributed by atoms with Crippen molar-refractivity contribution >= 4 is 17.4 Å². The number of carbonyl (C=O) groups excluding carboxylic acids is 1. The van der Waals surface area contributed by atoms with Crippen molar-refractivity contribution < 1.29 is 13.9 Å². The van der Waals surface area contributed by atoms with Gasteiger partial charge >= 0.3 is 6.03 Å². The van der Waals surface area contributed by atoms with E-state index in [-0.39, 0.29) is 17.8 Å². The summed E-state index contributed by atoms with van der Waals surface area (Å²) in [5.74, 6) is -0.234. The number of nitrogens with one attached hydrogen (secondary N) is 1. The lowest BCUT2D eigenvalue weighted by molar-refractivity contribution is 0.192. The third kappa shape index (κ3) is 4.71. The van der Waals surface area contributed by atoms with Crippen LogP contribution >= 0.6 is 11.3 Å². The van der Waals surface area contributed by atoms with E-state index in [0.717, 1.165) is 12.0 Å². The topological polar surface area (TPSA) is 41.6 Å². The van der Waals surface area contributed by atoms with Crippen LogP contribution in [0.2, 0.25) is 0 Å². The van der Waals surface area contributed by atoms with Crippen LogP contribution in [0.1, 0.15) is 37.4 Å². The molecular formula is C18H23FN2O2S. The van der Waals surface area contributed by atoms with E-state index in [0.29, 0.717) is 18.7 Å². The average molecular weight is 350 g/mol. The molecular weight excluding hydrogens is 327 g/mol. The number of urea groups is 1. The van der Waals surface area contributed by atoms with Gasteiger partial charge in [-0.15, -0.1) is 0 Å². The van der Waals surface area contributed by atoms with Crippen LogP contribution in [0.15, 0.2) is 35.0 Å². The molecule has 0 radical (unpaired) electrons. The van der Waals surface area contributed by atoms with Crippen LogP contribution in [0.4, 0.5) is 9.18 Å². The van der Waals surface area contributed by atoms with Crippen molar-refractivity contribution in [1.29, 1.82) is 0 Å². The van der Waals surface area contributed by atoms with Gasteiger partial charge in [0.15, 0.2) is 11.6 Å². The summed E-state index contributed by atoms with van der Waals surface area (Å²) in [4.78, 5) is 14.3. The van der Waals surface area contributed by atoms with E-state index in [1.807, 2.05) is 30.7 Å². The molecule has 130 valence electrons. The third-order valence-electron chi connectivity index (χ3n) is 3.75. The van der Waals surface area contributed by atoms with Crippen molar-refractivity contribution in [2.24, 2.45) is 0 Å². The molecule has 1 heterocycles. The number of hydrogen-bond acceptors (Lipinski definition) is 3. The van der Waals surface area contributed by atoms with Crippen LogP contribution in [0.25, 0.3) is 0 Å². The van der Waals surface area contributed by atoms with Crippen LogP contribution < -0.4 is 10.1 Å². The monoisotopic (exact) mass is 350 g/mol. The minimum atomic E-state index is -0.431. The Morgan fingerprint density at radius 3 is 2.79 bits per heavy atom. The van der Waals surface area contributed by atoms with Gasteiger partial charge in [-0.3, -0.25) is 0 Å². The Morgan fingerprint density at radius 2 is 2.21 bits per heavy atom. The summed E-state index contributed by atoms with van der Waals surface area (Å²) >= 11 is 1.62. The zero-order valence-electron chi connectivity index (χ0n) is 14.2. The second-order valence-corrected chi connectivity index (χ2v) is 6.40. The summed E-state index contributed by atoms with van der Waals surface area (Å²) in [6.07, 6.45) is 0.878. The standard InChI is InChI=1S/C18H23FN2O2S/c1-4-8-21(11-14-7-9-24-12-14)18(22)20-13(2)15-5-6-17(23-3)16(19)10-15/h5-7,9-10,12-13H,4,8,11H2,1-3H3,(H,20,22). The molecule has 4 nitrogen and oxygen atoms in total. The minimum absolute atomic E-state index is 0.147. The van der Waals surface area contributed by atoms with Gasteiger partial charge in [0.1, 0.15) is 0 Å². The molecule has 0 fully saturated rings. The molecule has 1 aromatic carbocycles. The zero-order valence-corrected chi connectivity index (χ0v) is 15.0. The highest BCUT2D eigenvalue weighted by Gasteiger charge is 2.17. The first-order valence-electron chi connectivity index (χ1n) is 7.95. The second kappa shape index (κ2) is 8.68. The molecule has 0 saturated carbocycles. The molecule has 1 N–H and O–H groups in total. The molecule has 0 aliphatic rings. The average Bonchev–Trinajstić information content (AvgIpc) is 3.07. The van der Waals surface area contributed by atoms with E-state index >= 15 is 0 Å². The molecule has 2 amide bonds. The maximum atomic E-state index is 13.8. The fourth-order valence-corrected chi connectivity index (χ4v) is 3.10. The maximum Gasteiger partial charge on any atom is 0.318 e. The molecule has 0 aliphatic heterocycles. The van der Waals surface area contributed by atoms with Gasteiger partial charge < -0.3 is 15.0 Å². The molecule has 0 bridgehead atoms. The van der Waals surface area contributed by atoms with Crippen molar-refractivity contribution in [1.82, 2.24) is 10.2 Å². The van der Waals surface area contributed by atoms with Gasteiger partial charge in [0.25, 0.3) is 0 Å². The number of rotatable bonds is 7. The number of ether oxygens (including phenoxy) is 1. The highest BCUT2D eigenvalue weighted by molar-refractivity contribution is 7.07. The quantitative estimate of drug-likeness (QED) is 0.794. The lowest BCUT2D eigenvalue weighted by Crippen LogP contribution is -2.41. The van der Waals surface area contributed by atoms with Gasteiger partial charge in [0.2, 0.25) is 0 Å². The van der Waals surface area contributed by atoms with Gasteiger partial charge in [-0.2, -0.15) is 11.3 Å². The summed E-state index contributed by atoms with van der Waals surface area (Å²) in [5, 5.41) is 6.98. The third-order valence-corrected chi connectivity index (χ3v) is 4.48. The largest absolute Gasteiger partial charge is 0.494 e. The molecule has 1 unspecified atom stereocenters. The first-order chi connectivity index (χ1) is 11.5. The number of halogens is 1. The van der Waals surface area contributed by atoms with E-state index < -0.39 is 5.82 Å². The summed E-state index contributed by atoms with van der Waals surface area (Å²) in [6.45, 7) is 5.13. The second-order valence-electron chi connectivity index (χ2n) is 5.62. The van der Waals surface area contributed by atoms with E-state index in [1.165, 1.54) is 13.2 Å². The first kappa shape index (κ1) is 18.3. The molecule has 0 spiro atoms. The number of nitrogens with zero attached hydrogens (tertiary/aromatic N) is 1. The predicted octanol–water partition coefficient (Wildman–Crippen LogP) is 4.58. The Labute approximate surface area is 146 Å². The van der Waals surface area contributed by atoms with Crippen LogP contribution in [-0.4, -0.2) is 24.6 Å². The first-order valence-corrected chi connectivity index (χ1v) is 8.89. The Kier molecular flexibility index (Phi) is 6.61. The lowest BCUT2D eigenvalue weighted by Gasteiger charge is -2.25. The lowest BCUT2D eigenvalue weighted by atomic mass is 10.1. The van der Waals surface area contributed by atoms with Gasteiger partial charge in [0.05, 0.1) is 13.2 Å². The van der Waals surface area contributed by atoms with Crippen LogP contribution in [0, 0.1) is 5.82 Å². The number of carbonyl (C=O) groups is 1. The van der Waals surface area contributed by atoms with E-state index in [4.69, 9.17) is 4.74 Å². The highest BCUT2D eigenvalue weighted by atomic mass is 32.1. The summed E-state index contributed by atoms with van der Waals surface area (Å²) in [7, 11) is 1.43. The minimum Gasteiger partial charge on any atom is -0.494 e. The fourth-order valence-electron chi connectivity index (χ4n) is 2.44. The number of benzene rings is 1. The number of methoxy groups -OCH3 is 1. The van der Waals surface area contributed by atoms with Crippen molar-refractivity contribution in [2.45, 2.75) is 32.9 Å². The van der Waals surface area contributed by atoms with Gasteiger partial charge in [0, 0.05) is 13.1 Å². The number of thiophene rings is 1. The van der Waals surface area contributed by atoms with Crippen molar-refractivity contribution in [3.8, 4) is 5.75 Å². The van der Waals surface area contributed by atoms with Crippen molar-refractivity contribution in [3.63, 3.8) is 0 Å². The number of amides is 2. The van der Waals surface area contributed by atoms with E-state index in [9.17, 15) is 9.18 Å². The van der Waals surface area contributed by atoms with Crippen LogP contribution in [-0.2, 0) is 6.54 Å². The molecule has 1 atom stereocenters. The van der Waals surface area contributed by atoms with Gasteiger partial charge in [-0.25, -0.2) is 9.18 Å². The molecule has 24 heavy (non-hydrogen) atoms. The maximum absolute atomic E-state index is 13.8. The Balaban J connectivity index is 2.03. The molecule has 2 rings (SSSR count). The van der Waals surface area contributed by atoms with Gasteiger partial charge in [-0.05, 0) is 53.4 Å². The SMILES string of the molecule is CCCN(Cc1ccsc1)C(=O)NC(C)c1ccc(OC)c(F)c1. The fraction of sp³-hybridized carbons (Fsp3) is 0.389. The molecule has 6 heteroatoms. The zero-order chi connectivity index (χ0) is 17.5. The highest BCUT2D eigenvalue weighted by Crippen LogP contribution is 2.22. The Bertz CT molecular complexity index is 661. The normalized spacial score (nSPS) is 11.8. The molecule has 2 aromatic rings. The van der Waals surface area contributed by atoms with E-state index in [2.05, 4.69) is 5.32 Å². The van der Waals surface area contributed by atoms with Crippen molar-refractivity contribution in [2.75, 3.05) is 13.7 Å². The summed E-state index contributed by atoms with van der Waals surface area (Å²) in [5.41, 5.74) is 1.82. The van der Waals surface area contributed by atoms with E-state index in [1.54, 1.807) is 28.4 Å². The predicted molar refractivity (Wildman–Crippen MR) is 94.9 cm³/mol. The molecule has 1 aromatic heterocycles. The molecule has 0 aliphatic carbocycles. The van der Waals surface area contributed by atoms with Crippen LogP contribution in [0.3, 0.4) is 0 Å². The molecule has 0 saturated heterocycles. The van der Waals surface area contributed by atoms with Crippen LogP contribution in [0.5, 0.6) is 5.75 Å². The van der Waals surface area contributed by atoms with Gasteiger partial charge in [-0.1, -0.05) is 13.0 Å². The smallest absolute Gasteiger partial charge is 0.318 e. The summed E-state index contributed by atoms with van der Waals surface area (Å²) < 4.78 is 18.8. The number of hydrogen-bond donors (Lipinski definition) is 1. The summed E-state index contributed by atoms with van der Waals surface area (Å²) in [6, 6.07) is 6.31. The Hall–Kier alpha value is -2.08.